The van der Waals surface area contributed by atoms with Crippen molar-refractivity contribution < 1.29 is 19.0 Å². The Bertz CT molecular complexity index is 481. The summed E-state index contributed by atoms with van der Waals surface area (Å²) in [6.07, 6.45) is 2.72. The van der Waals surface area contributed by atoms with Crippen LogP contribution in [0.4, 0.5) is 4.39 Å². The molecule has 0 aliphatic heterocycles. The van der Waals surface area contributed by atoms with Crippen LogP contribution < -0.4 is 4.74 Å². The van der Waals surface area contributed by atoms with Gasteiger partial charge in [-0.1, -0.05) is 28.8 Å². The molecule has 1 aliphatic carbocycles. The van der Waals surface area contributed by atoms with Crippen LogP contribution in [0.15, 0.2) is 16.6 Å². The van der Waals surface area contributed by atoms with Gasteiger partial charge in [0.25, 0.3) is 0 Å². The van der Waals surface area contributed by atoms with E-state index in [9.17, 15) is 14.3 Å². The van der Waals surface area contributed by atoms with Crippen molar-refractivity contribution in [3.63, 3.8) is 0 Å². The zero-order valence-electron chi connectivity index (χ0n) is 10.0. The SMILES string of the molecule is COc1c(F)cc(Br)cc1C1(C(=O)O)CCCC1. The van der Waals surface area contributed by atoms with Crippen LogP contribution in [-0.4, -0.2) is 18.2 Å². The zero-order valence-corrected chi connectivity index (χ0v) is 11.6. The molecule has 5 heteroatoms. The molecule has 0 amide bonds. The molecule has 1 aliphatic rings. The molecule has 18 heavy (non-hydrogen) atoms. The van der Waals surface area contributed by atoms with Gasteiger partial charge in [-0.05, 0) is 25.0 Å². The topological polar surface area (TPSA) is 46.5 Å². The standard InChI is InChI=1S/C13H14BrFO3/c1-18-11-9(6-8(14)7-10(11)15)13(12(16)17)4-2-3-5-13/h6-7H,2-5H2,1H3,(H,16,17). The first kappa shape index (κ1) is 13.3. The van der Waals surface area contributed by atoms with E-state index in [-0.39, 0.29) is 5.75 Å². The fourth-order valence-electron chi connectivity index (χ4n) is 2.70. The second kappa shape index (κ2) is 4.88. The maximum Gasteiger partial charge on any atom is 0.314 e. The van der Waals surface area contributed by atoms with Crippen LogP contribution in [0.25, 0.3) is 0 Å². The molecule has 0 spiro atoms. The second-order valence-electron chi connectivity index (χ2n) is 4.56. The highest BCUT2D eigenvalue weighted by atomic mass is 79.9. The van der Waals surface area contributed by atoms with E-state index in [1.54, 1.807) is 6.07 Å². The molecule has 0 atom stereocenters. The lowest BCUT2D eigenvalue weighted by Gasteiger charge is -2.26. The second-order valence-corrected chi connectivity index (χ2v) is 5.48. The summed E-state index contributed by atoms with van der Waals surface area (Å²) in [6.45, 7) is 0. The lowest BCUT2D eigenvalue weighted by molar-refractivity contribution is -0.143. The van der Waals surface area contributed by atoms with Crippen molar-refractivity contribution in [1.29, 1.82) is 0 Å². The average Bonchev–Trinajstić information content (AvgIpc) is 2.78. The number of methoxy groups -OCH3 is 1. The van der Waals surface area contributed by atoms with Gasteiger partial charge in [-0.2, -0.15) is 0 Å². The molecule has 98 valence electrons. The molecule has 0 aromatic heterocycles. The summed E-state index contributed by atoms with van der Waals surface area (Å²) in [5.41, 5.74) is -0.586. The van der Waals surface area contributed by atoms with Gasteiger partial charge in [0.15, 0.2) is 11.6 Å². The maximum atomic E-state index is 13.9. The Labute approximate surface area is 113 Å². The molecule has 0 saturated heterocycles. The molecule has 2 rings (SSSR count). The van der Waals surface area contributed by atoms with Crippen LogP contribution in [-0.2, 0) is 10.2 Å². The van der Waals surface area contributed by atoms with E-state index in [0.717, 1.165) is 12.8 Å². The van der Waals surface area contributed by atoms with Crippen molar-refractivity contribution in [1.82, 2.24) is 0 Å². The van der Waals surface area contributed by atoms with Gasteiger partial charge in [-0.3, -0.25) is 4.79 Å². The Kier molecular flexibility index (Phi) is 3.61. The van der Waals surface area contributed by atoms with Crippen LogP contribution in [0.2, 0.25) is 0 Å². The van der Waals surface area contributed by atoms with Gasteiger partial charge in [-0.25, -0.2) is 4.39 Å². The van der Waals surface area contributed by atoms with Crippen LogP contribution >= 0.6 is 15.9 Å². The average molecular weight is 317 g/mol. The first-order chi connectivity index (χ1) is 8.51. The highest BCUT2D eigenvalue weighted by Gasteiger charge is 2.45. The fourth-order valence-corrected chi connectivity index (χ4v) is 3.13. The molecule has 1 fully saturated rings. The highest BCUT2D eigenvalue weighted by molar-refractivity contribution is 9.10. The normalized spacial score (nSPS) is 17.7. The largest absolute Gasteiger partial charge is 0.493 e. The Morgan fingerprint density at radius 1 is 1.44 bits per heavy atom. The van der Waals surface area contributed by atoms with E-state index < -0.39 is 17.2 Å². The Hall–Kier alpha value is -1.10. The molecule has 0 unspecified atom stereocenters. The van der Waals surface area contributed by atoms with E-state index >= 15 is 0 Å². The van der Waals surface area contributed by atoms with E-state index in [1.807, 2.05) is 0 Å². The van der Waals surface area contributed by atoms with E-state index in [0.29, 0.717) is 22.9 Å². The Balaban J connectivity index is 2.64. The number of carboxylic acids is 1. The van der Waals surface area contributed by atoms with Crippen molar-refractivity contribution in [2.75, 3.05) is 7.11 Å². The Morgan fingerprint density at radius 3 is 2.56 bits per heavy atom. The summed E-state index contributed by atoms with van der Waals surface area (Å²) in [4.78, 5) is 11.6. The molecule has 0 bridgehead atoms. The predicted molar refractivity (Wildman–Crippen MR) is 68.4 cm³/mol. The number of rotatable bonds is 3. The quantitative estimate of drug-likeness (QED) is 0.928. The molecule has 1 N–H and O–H groups in total. The van der Waals surface area contributed by atoms with Gasteiger partial charge >= 0.3 is 5.97 Å². The molecule has 3 nitrogen and oxygen atoms in total. The van der Waals surface area contributed by atoms with E-state index in [1.165, 1.54) is 13.2 Å². The lowest BCUT2D eigenvalue weighted by Crippen LogP contribution is -2.33. The van der Waals surface area contributed by atoms with Gasteiger partial charge in [0, 0.05) is 10.0 Å². The van der Waals surface area contributed by atoms with Crippen molar-refractivity contribution >= 4 is 21.9 Å². The maximum absolute atomic E-state index is 13.9. The van der Waals surface area contributed by atoms with Gasteiger partial charge in [0.2, 0.25) is 0 Å². The first-order valence-corrected chi connectivity index (χ1v) is 6.57. The summed E-state index contributed by atoms with van der Waals surface area (Å²) in [5.74, 6) is -1.40. The minimum absolute atomic E-state index is 0.0440. The number of hydrogen-bond acceptors (Lipinski definition) is 2. The molecule has 1 aromatic rings. The number of ether oxygens (including phenoxy) is 1. The van der Waals surface area contributed by atoms with Crippen molar-refractivity contribution in [2.24, 2.45) is 0 Å². The number of hydrogen-bond donors (Lipinski definition) is 1. The van der Waals surface area contributed by atoms with Crippen molar-refractivity contribution in [3.8, 4) is 5.75 Å². The number of halogens is 2. The van der Waals surface area contributed by atoms with E-state index in [2.05, 4.69) is 15.9 Å². The third kappa shape index (κ3) is 2.00. The van der Waals surface area contributed by atoms with Gasteiger partial charge in [-0.15, -0.1) is 0 Å². The molecular weight excluding hydrogens is 303 g/mol. The minimum Gasteiger partial charge on any atom is -0.493 e. The monoisotopic (exact) mass is 316 g/mol. The lowest BCUT2D eigenvalue weighted by atomic mass is 9.78. The smallest absolute Gasteiger partial charge is 0.314 e. The summed E-state index contributed by atoms with van der Waals surface area (Å²) < 4.78 is 19.4. The third-order valence-electron chi connectivity index (χ3n) is 3.59. The van der Waals surface area contributed by atoms with Crippen LogP contribution in [0.1, 0.15) is 31.2 Å². The van der Waals surface area contributed by atoms with Crippen LogP contribution in [0.3, 0.4) is 0 Å². The fraction of sp³-hybridized carbons (Fsp3) is 0.462. The zero-order chi connectivity index (χ0) is 13.3. The summed E-state index contributed by atoms with van der Waals surface area (Å²) in [5, 5.41) is 9.53. The van der Waals surface area contributed by atoms with E-state index in [4.69, 9.17) is 4.74 Å². The summed E-state index contributed by atoms with van der Waals surface area (Å²) in [6, 6.07) is 2.94. The highest BCUT2D eigenvalue weighted by Crippen LogP contribution is 2.46. The number of carboxylic acid groups (broad SMARTS) is 1. The molecule has 0 radical (unpaired) electrons. The van der Waals surface area contributed by atoms with Gasteiger partial charge in [0.05, 0.1) is 12.5 Å². The third-order valence-corrected chi connectivity index (χ3v) is 4.05. The van der Waals surface area contributed by atoms with Crippen molar-refractivity contribution in [3.05, 3.63) is 28.0 Å². The number of aliphatic carboxylic acids is 1. The number of benzene rings is 1. The molecule has 1 saturated carbocycles. The number of carbonyl (C=O) groups is 1. The minimum atomic E-state index is -1.02. The molecule has 1 aromatic carbocycles. The van der Waals surface area contributed by atoms with Crippen LogP contribution in [0, 0.1) is 5.82 Å². The molecular formula is C13H14BrFO3. The van der Waals surface area contributed by atoms with Gasteiger partial charge in [0.1, 0.15) is 0 Å². The summed E-state index contributed by atoms with van der Waals surface area (Å²) >= 11 is 3.21. The predicted octanol–water partition coefficient (Wildman–Crippen LogP) is 3.49. The molecule has 0 heterocycles. The van der Waals surface area contributed by atoms with Gasteiger partial charge < -0.3 is 9.84 Å². The van der Waals surface area contributed by atoms with Crippen LogP contribution in [0.5, 0.6) is 5.75 Å². The first-order valence-electron chi connectivity index (χ1n) is 5.78. The summed E-state index contributed by atoms with van der Waals surface area (Å²) in [7, 11) is 1.36. The van der Waals surface area contributed by atoms with Crippen molar-refractivity contribution in [2.45, 2.75) is 31.1 Å². The Morgan fingerprint density at radius 2 is 2.06 bits per heavy atom.